The van der Waals surface area contributed by atoms with E-state index in [-0.39, 0.29) is 5.41 Å². The van der Waals surface area contributed by atoms with Gasteiger partial charge in [0.05, 0.1) is 17.7 Å². The standard InChI is InChI=1S/C24H28ClN3O2/c1-23(2,19-11-18(25)9-15-6-8-30-22(15)19)13-24(29,17-3-4-17)14-27-21-10-16-12-26-7-5-20(16)28-21/h5,7,9-12,17,27-29H,3-4,6,8,13-14H2,1-2H3. The van der Waals surface area contributed by atoms with E-state index in [1.807, 2.05) is 30.5 Å². The molecule has 1 aromatic carbocycles. The molecule has 6 heteroatoms. The van der Waals surface area contributed by atoms with Gasteiger partial charge in [0.15, 0.2) is 0 Å². The van der Waals surface area contributed by atoms with E-state index in [4.69, 9.17) is 16.3 Å². The predicted octanol–water partition coefficient (Wildman–Crippen LogP) is 5.07. The number of halogens is 1. The van der Waals surface area contributed by atoms with Gasteiger partial charge in [0.25, 0.3) is 0 Å². The lowest BCUT2D eigenvalue weighted by Gasteiger charge is -2.38. The van der Waals surface area contributed by atoms with Crippen LogP contribution in [0.4, 0.5) is 5.82 Å². The Bertz CT molecular complexity index is 1060. The highest BCUT2D eigenvalue weighted by molar-refractivity contribution is 6.30. The number of hydrogen-bond acceptors (Lipinski definition) is 4. The largest absolute Gasteiger partial charge is 0.493 e. The minimum Gasteiger partial charge on any atom is -0.493 e. The van der Waals surface area contributed by atoms with Gasteiger partial charge < -0.3 is 20.1 Å². The molecule has 0 spiro atoms. The van der Waals surface area contributed by atoms with Crippen LogP contribution in [0.2, 0.25) is 5.02 Å². The van der Waals surface area contributed by atoms with Gasteiger partial charge in [0.1, 0.15) is 11.6 Å². The summed E-state index contributed by atoms with van der Waals surface area (Å²) < 4.78 is 5.96. The average molecular weight is 426 g/mol. The fourth-order valence-corrected chi connectivity index (χ4v) is 5.16. The molecule has 30 heavy (non-hydrogen) atoms. The molecular formula is C24H28ClN3O2. The summed E-state index contributed by atoms with van der Waals surface area (Å²) in [5.74, 6) is 2.17. The first kappa shape index (κ1) is 19.7. The summed E-state index contributed by atoms with van der Waals surface area (Å²) in [6, 6.07) is 8.01. The highest BCUT2D eigenvalue weighted by Gasteiger charge is 2.47. The molecule has 5 rings (SSSR count). The van der Waals surface area contributed by atoms with Crippen LogP contribution in [0.25, 0.3) is 10.9 Å². The molecule has 3 aromatic rings. The maximum Gasteiger partial charge on any atom is 0.126 e. The topological polar surface area (TPSA) is 70.2 Å². The van der Waals surface area contributed by atoms with Gasteiger partial charge >= 0.3 is 0 Å². The zero-order valence-corrected chi connectivity index (χ0v) is 18.2. The normalized spacial score (nSPS) is 18.1. The van der Waals surface area contributed by atoms with Crippen molar-refractivity contribution in [3.8, 4) is 5.75 Å². The number of fused-ring (bicyclic) bond motifs is 2. The number of aromatic nitrogens is 2. The van der Waals surface area contributed by atoms with Crippen molar-refractivity contribution in [1.82, 2.24) is 9.97 Å². The Morgan fingerprint density at radius 2 is 2.13 bits per heavy atom. The van der Waals surface area contributed by atoms with Crippen LogP contribution in [0, 0.1) is 5.92 Å². The molecule has 1 aliphatic carbocycles. The number of aromatic amines is 1. The number of nitrogens with one attached hydrogen (secondary N) is 2. The van der Waals surface area contributed by atoms with E-state index in [0.29, 0.717) is 25.5 Å². The zero-order chi connectivity index (χ0) is 20.9. The molecule has 1 atom stereocenters. The molecular weight excluding hydrogens is 398 g/mol. The number of benzene rings is 1. The molecule has 5 nitrogen and oxygen atoms in total. The van der Waals surface area contributed by atoms with Crippen LogP contribution in [-0.2, 0) is 11.8 Å². The van der Waals surface area contributed by atoms with Crippen molar-refractivity contribution < 1.29 is 9.84 Å². The minimum absolute atomic E-state index is 0.275. The molecule has 1 saturated carbocycles. The van der Waals surface area contributed by atoms with Crippen LogP contribution >= 0.6 is 11.6 Å². The van der Waals surface area contributed by atoms with Gasteiger partial charge in [0.2, 0.25) is 0 Å². The summed E-state index contributed by atoms with van der Waals surface area (Å²) >= 11 is 6.42. The highest BCUT2D eigenvalue weighted by Crippen LogP contribution is 2.49. The SMILES string of the molecule is CC(C)(CC(O)(CNc1cc2cnccc2[nH]1)C1CC1)c1cc(Cl)cc2c1OCC2. The lowest BCUT2D eigenvalue weighted by molar-refractivity contribution is 0.00382. The summed E-state index contributed by atoms with van der Waals surface area (Å²) in [7, 11) is 0. The van der Waals surface area contributed by atoms with Crippen molar-refractivity contribution in [3.63, 3.8) is 0 Å². The number of hydrogen-bond donors (Lipinski definition) is 3. The lowest BCUT2D eigenvalue weighted by atomic mass is 9.72. The quantitative estimate of drug-likeness (QED) is 0.494. The second kappa shape index (κ2) is 7.17. The Morgan fingerprint density at radius 1 is 1.30 bits per heavy atom. The lowest BCUT2D eigenvalue weighted by Crippen LogP contribution is -2.44. The summed E-state index contributed by atoms with van der Waals surface area (Å²) in [6.07, 6.45) is 7.27. The van der Waals surface area contributed by atoms with Crippen molar-refractivity contribution in [2.24, 2.45) is 5.92 Å². The number of ether oxygens (including phenoxy) is 1. The first-order chi connectivity index (χ1) is 14.3. The van der Waals surface area contributed by atoms with Crippen molar-refractivity contribution in [2.45, 2.75) is 50.5 Å². The van der Waals surface area contributed by atoms with E-state index in [0.717, 1.165) is 52.3 Å². The maximum atomic E-state index is 11.7. The third-order valence-electron chi connectivity index (χ3n) is 6.57. The van der Waals surface area contributed by atoms with Crippen molar-refractivity contribution >= 4 is 28.3 Å². The molecule has 1 unspecified atom stereocenters. The molecule has 1 fully saturated rings. The number of pyridine rings is 1. The third-order valence-corrected chi connectivity index (χ3v) is 6.79. The smallest absolute Gasteiger partial charge is 0.126 e. The summed E-state index contributed by atoms with van der Waals surface area (Å²) in [4.78, 5) is 7.53. The molecule has 2 aromatic heterocycles. The first-order valence-corrected chi connectivity index (χ1v) is 11.1. The molecule has 0 bridgehead atoms. The van der Waals surface area contributed by atoms with Crippen LogP contribution in [0.5, 0.6) is 5.75 Å². The number of nitrogens with zero attached hydrogens (tertiary/aromatic N) is 1. The van der Waals surface area contributed by atoms with Crippen molar-refractivity contribution in [1.29, 1.82) is 0 Å². The number of anilines is 1. The van der Waals surface area contributed by atoms with Crippen molar-refractivity contribution in [3.05, 3.63) is 52.8 Å². The fourth-order valence-electron chi connectivity index (χ4n) is 4.92. The third kappa shape index (κ3) is 3.65. The average Bonchev–Trinajstić information content (AvgIpc) is 3.32. The number of rotatable bonds is 7. The van der Waals surface area contributed by atoms with E-state index in [2.05, 4.69) is 29.1 Å². The molecule has 2 aliphatic rings. The van der Waals surface area contributed by atoms with Gasteiger partial charge in [-0.05, 0) is 60.4 Å². The van der Waals surface area contributed by atoms with Gasteiger partial charge in [-0.1, -0.05) is 25.4 Å². The van der Waals surface area contributed by atoms with E-state index < -0.39 is 5.60 Å². The maximum absolute atomic E-state index is 11.7. The molecule has 158 valence electrons. The molecule has 0 saturated heterocycles. The Labute approximate surface area is 181 Å². The minimum atomic E-state index is -0.813. The van der Waals surface area contributed by atoms with E-state index in [9.17, 15) is 5.11 Å². The Hall–Kier alpha value is -2.24. The van der Waals surface area contributed by atoms with Crippen molar-refractivity contribution in [2.75, 3.05) is 18.5 Å². The summed E-state index contributed by atoms with van der Waals surface area (Å²) in [5, 5.41) is 17.0. The summed E-state index contributed by atoms with van der Waals surface area (Å²) in [5.41, 5.74) is 2.22. The van der Waals surface area contributed by atoms with Gasteiger partial charge in [-0.15, -0.1) is 0 Å². The van der Waals surface area contributed by atoms with E-state index in [1.165, 1.54) is 5.56 Å². The Morgan fingerprint density at radius 3 is 2.90 bits per heavy atom. The molecule has 0 amide bonds. The molecule has 1 aliphatic heterocycles. The molecule has 3 N–H and O–H groups in total. The molecule has 0 radical (unpaired) electrons. The number of H-pyrrole nitrogens is 1. The predicted molar refractivity (Wildman–Crippen MR) is 121 cm³/mol. The fraction of sp³-hybridized carbons (Fsp3) is 0.458. The van der Waals surface area contributed by atoms with Crippen LogP contribution in [0.1, 0.15) is 44.2 Å². The van der Waals surface area contributed by atoms with Crippen LogP contribution in [0.3, 0.4) is 0 Å². The monoisotopic (exact) mass is 425 g/mol. The summed E-state index contributed by atoms with van der Waals surface area (Å²) in [6.45, 7) is 5.55. The first-order valence-electron chi connectivity index (χ1n) is 10.7. The van der Waals surface area contributed by atoms with Crippen LogP contribution < -0.4 is 10.1 Å². The van der Waals surface area contributed by atoms with Crippen LogP contribution in [0.15, 0.2) is 36.7 Å². The second-order valence-electron chi connectivity index (χ2n) is 9.48. The van der Waals surface area contributed by atoms with Gasteiger partial charge in [0, 0.05) is 41.3 Å². The number of aliphatic hydroxyl groups is 1. The highest BCUT2D eigenvalue weighted by atomic mass is 35.5. The molecule has 3 heterocycles. The van der Waals surface area contributed by atoms with Crippen LogP contribution in [-0.4, -0.2) is 33.8 Å². The van der Waals surface area contributed by atoms with Gasteiger partial charge in [-0.25, -0.2) is 0 Å². The van der Waals surface area contributed by atoms with Gasteiger partial charge in [-0.2, -0.15) is 0 Å². The van der Waals surface area contributed by atoms with E-state index >= 15 is 0 Å². The zero-order valence-electron chi connectivity index (χ0n) is 17.5. The van der Waals surface area contributed by atoms with E-state index in [1.54, 1.807) is 6.20 Å². The van der Waals surface area contributed by atoms with Gasteiger partial charge in [-0.3, -0.25) is 4.98 Å². The Kier molecular flexibility index (Phi) is 4.71. The second-order valence-corrected chi connectivity index (χ2v) is 9.91. The Balaban J connectivity index is 1.39.